The van der Waals surface area contributed by atoms with Crippen molar-refractivity contribution < 1.29 is 4.74 Å². The summed E-state index contributed by atoms with van der Waals surface area (Å²) in [7, 11) is 1.66. The molecule has 0 atom stereocenters. The van der Waals surface area contributed by atoms with Gasteiger partial charge in [-0.1, -0.05) is 0 Å². The maximum atomic E-state index is 5.18. The van der Waals surface area contributed by atoms with Crippen molar-refractivity contribution in [1.29, 1.82) is 0 Å². The second-order valence-electron chi connectivity index (χ2n) is 5.22. The van der Waals surface area contributed by atoms with E-state index in [4.69, 9.17) is 4.74 Å². The molecule has 0 aliphatic heterocycles. The SMILES string of the molecule is COc1ccc(-c2csc(N/N=C(\C)c3sc(C)nc3C)n2)cc1. The van der Waals surface area contributed by atoms with E-state index in [1.807, 2.05) is 50.4 Å². The van der Waals surface area contributed by atoms with Gasteiger partial charge in [0.2, 0.25) is 5.13 Å². The zero-order valence-corrected chi connectivity index (χ0v) is 15.6. The maximum Gasteiger partial charge on any atom is 0.203 e. The van der Waals surface area contributed by atoms with E-state index in [0.717, 1.165) is 43.4 Å². The van der Waals surface area contributed by atoms with Gasteiger partial charge in [0.15, 0.2) is 0 Å². The van der Waals surface area contributed by atoms with Gasteiger partial charge in [-0.15, -0.1) is 22.7 Å². The summed E-state index contributed by atoms with van der Waals surface area (Å²) in [5.74, 6) is 0.836. The number of methoxy groups -OCH3 is 1. The first kappa shape index (κ1) is 16.6. The normalized spacial score (nSPS) is 11.6. The Bertz CT molecular complexity index is 865. The Hall–Kier alpha value is -2.25. The summed E-state index contributed by atoms with van der Waals surface area (Å²) < 4.78 is 5.18. The van der Waals surface area contributed by atoms with Gasteiger partial charge < -0.3 is 4.74 Å². The molecular weight excluding hydrogens is 340 g/mol. The fraction of sp³-hybridized carbons (Fsp3) is 0.235. The molecule has 0 aliphatic carbocycles. The van der Waals surface area contributed by atoms with Crippen molar-refractivity contribution in [2.75, 3.05) is 12.5 Å². The Morgan fingerprint density at radius 2 is 1.92 bits per heavy atom. The predicted octanol–water partition coefficient (Wildman–Crippen LogP) is 4.73. The van der Waals surface area contributed by atoms with Crippen LogP contribution in [-0.4, -0.2) is 22.8 Å². The van der Waals surface area contributed by atoms with Crippen molar-refractivity contribution in [3.8, 4) is 17.0 Å². The second kappa shape index (κ2) is 7.11. The lowest BCUT2D eigenvalue weighted by atomic mass is 10.2. The standard InChI is InChI=1S/C17H18N4OS2/c1-10-16(24-12(3)18-10)11(2)20-21-17-19-15(9-23-17)13-5-7-14(22-4)8-6-13/h5-9H,1-4H3,(H,19,21)/b20-11+. The van der Waals surface area contributed by atoms with Crippen molar-refractivity contribution >= 4 is 33.5 Å². The molecule has 0 saturated heterocycles. The van der Waals surface area contributed by atoms with Crippen molar-refractivity contribution in [2.45, 2.75) is 20.8 Å². The Kier molecular flexibility index (Phi) is 4.92. The number of thiazole rings is 2. The van der Waals surface area contributed by atoms with Gasteiger partial charge in [-0.25, -0.2) is 9.97 Å². The largest absolute Gasteiger partial charge is 0.497 e. The minimum absolute atomic E-state index is 0.763. The number of anilines is 1. The smallest absolute Gasteiger partial charge is 0.203 e. The molecule has 5 nitrogen and oxygen atoms in total. The molecule has 24 heavy (non-hydrogen) atoms. The van der Waals surface area contributed by atoms with Gasteiger partial charge in [-0.2, -0.15) is 5.10 Å². The third-order valence-electron chi connectivity index (χ3n) is 3.44. The average molecular weight is 358 g/mol. The van der Waals surface area contributed by atoms with Crippen LogP contribution in [0.2, 0.25) is 0 Å². The molecule has 0 radical (unpaired) electrons. The zero-order valence-electron chi connectivity index (χ0n) is 14.0. The van der Waals surface area contributed by atoms with E-state index in [0.29, 0.717) is 0 Å². The minimum atomic E-state index is 0.763. The summed E-state index contributed by atoms with van der Waals surface area (Å²) in [5.41, 5.74) is 6.94. The molecule has 0 unspecified atom stereocenters. The van der Waals surface area contributed by atoms with E-state index in [-0.39, 0.29) is 0 Å². The molecule has 2 aromatic heterocycles. The van der Waals surface area contributed by atoms with Crippen molar-refractivity contribution in [3.63, 3.8) is 0 Å². The highest BCUT2D eigenvalue weighted by Gasteiger charge is 2.09. The van der Waals surface area contributed by atoms with Gasteiger partial charge in [0, 0.05) is 10.9 Å². The highest BCUT2D eigenvalue weighted by Crippen LogP contribution is 2.26. The van der Waals surface area contributed by atoms with Crippen LogP contribution >= 0.6 is 22.7 Å². The molecule has 0 saturated carbocycles. The van der Waals surface area contributed by atoms with E-state index in [9.17, 15) is 0 Å². The molecule has 124 valence electrons. The van der Waals surface area contributed by atoms with Crippen LogP contribution in [0.1, 0.15) is 22.5 Å². The summed E-state index contributed by atoms with van der Waals surface area (Å²) in [4.78, 5) is 10.1. The predicted molar refractivity (Wildman–Crippen MR) is 102 cm³/mol. The molecule has 1 aromatic carbocycles. The van der Waals surface area contributed by atoms with Crippen molar-refractivity contribution in [3.05, 3.63) is 45.2 Å². The Labute approximate surface area is 149 Å². The summed E-state index contributed by atoms with van der Waals surface area (Å²) >= 11 is 3.18. The minimum Gasteiger partial charge on any atom is -0.497 e. The second-order valence-corrected chi connectivity index (χ2v) is 7.28. The molecule has 0 spiro atoms. The van der Waals surface area contributed by atoms with Crippen LogP contribution in [0, 0.1) is 13.8 Å². The van der Waals surface area contributed by atoms with Crippen LogP contribution in [0.3, 0.4) is 0 Å². The fourth-order valence-electron chi connectivity index (χ4n) is 2.27. The molecular formula is C17H18N4OS2. The molecule has 1 N–H and O–H groups in total. The van der Waals surface area contributed by atoms with Gasteiger partial charge in [0.1, 0.15) is 5.75 Å². The topological polar surface area (TPSA) is 59.4 Å². The van der Waals surface area contributed by atoms with Gasteiger partial charge in [-0.05, 0) is 45.0 Å². The van der Waals surface area contributed by atoms with Gasteiger partial charge in [0.05, 0.1) is 34.1 Å². The Morgan fingerprint density at radius 3 is 2.54 bits per heavy atom. The number of hydrogen-bond donors (Lipinski definition) is 1. The van der Waals surface area contributed by atoms with E-state index < -0.39 is 0 Å². The van der Waals surface area contributed by atoms with E-state index in [1.54, 1.807) is 18.4 Å². The number of ether oxygens (including phenoxy) is 1. The van der Waals surface area contributed by atoms with Gasteiger partial charge >= 0.3 is 0 Å². The number of nitrogens with one attached hydrogen (secondary N) is 1. The van der Waals surface area contributed by atoms with Crippen LogP contribution in [0.5, 0.6) is 5.75 Å². The number of aromatic nitrogens is 2. The number of nitrogens with zero attached hydrogens (tertiary/aromatic N) is 3. The molecule has 0 bridgehead atoms. The maximum absolute atomic E-state index is 5.18. The van der Waals surface area contributed by atoms with Gasteiger partial charge in [0.25, 0.3) is 0 Å². The number of rotatable bonds is 5. The lowest BCUT2D eigenvalue weighted by Crippen LogP contribution is -1.99. The first-order valence-corrected chi connectivity index (χ1v) is 9.11. The first-order valence-electron chi connectivity index (χ1n) is 7.41. The zero-order chi connectivity index (χ0) is 17.1. The molecule has 0 amide bonds. The van der Waals surface area contributed by atoms with Gasteiger partial charge in [-0.3, -0.25) is 5.43 Å². The van der Waals surface area contributed by atoms with Crippen LogP contribution in [0.4, 0.5) is 5.13 Å². The number of benzene rings is 1. The average Bonchev–Trinajstić information content (AvgIpc) is 3.19. The van der Waals surface area contributed by atoms with E-state index >= 15 is 0 Å². The summed E-state index contributed by atoms with van der Waals surface area (Å²) in [6, 6.07) is 7.85. The van der Waals surface area contributed by atoms with Crippen LogP contribution in [-0.2, 0) is 0 Å². The van der Waals surface area contributed by atoms with Crippen molar-refractivity contribution in [2.24, 2.45) is 5.10 Å². The molecule has 3 rings (SSSR count). The number of hydrazone groups is 1. The molecule has 2 heterocycles. The Balaban J connectivity index is 1.73. The monoisotopic (exact) mass is 358 g/mol. The number of aryl methyl sites for hydroxylation is 2. The molecule has 7 heteroatoms. The first-order chi connectivity index (χ1) is 11.6. The molecule has 0 aliphatic rings. The highest BCUT2D eigenvalue weighted by atomic mass is 32.1. The third kappa shape index (κ3) is 3.63. The van der Waals surface area contributed by atoms with Crippen LogP contribution < -0.4 is 10.2 Å². The van der Waals surface area contributed by atoms with Crippen LogP contribution in [0.25, 0.3) is 11.3 Å². The van der Waals surface area contributed by atoms with E-state index in [1.165, 1.54) is 11.3 Å². The molecule has 3 aromatic rings. The summed E-state index contributed by atoms with van der Waals surface area (Å²) in [6.07, 6.45) is 0. The van der Waals surface area contributed by atoms with E-state index in [2.05, 4.69) is 20.5 Å². The fourth-order valence-corrected chi connectivity index (χ4v) is 3.80. The Morgan fingerprint density at radius 1 is 1.17 bits per heavy atom. The lowest BCUT2D eigenvalue weighted by Gasteiger charge is -2.01. The third-order valence-corrected chi connectivity index (χ3v) is 5.37. The number of hydrogen-bond acceptors (Lipinski definition) is 7. The van der Waals surface area contributed by atoms with Crippen LogP contribution in [0.15, 0.2) is 34.7 Å². The summed E-state index contributed by atoms with van der Waals surface area (Å²) in [5, 5.41) is 8.26. The van der Waals surface area contributed by atoms with Crippen molar-refractivity contribution in [1.82, 2.24) is 9.97 Å². The quantitative estimate of drug-likeness (QED) is 0.529. The molecule has 0 fully saturated rings. The summed E-state index contributed by atoms with van der Waals surface area (Å²) in [6.45, 7) is 5.98. The lowest BCUT2D eigenvalue weighted by molar-refractivity contribution is 0.415. The highest BCUT2D eigenvalue weighted by molar-refractivity contribution is 7.14.